The SMILES string of the molecule is C1CC1.CNc1cc(N2CCc3c(N4CCC(CN5CCC(N6CCC(N(C)c7ccc(Cl)c(C8CCC(=O)NC8=O)c7)CC6)CC5)CC4)cccc32)nn2c(C(N)=O)cnc12. The lowest BCUT2D eigenvalue weighted by Gasteiger charge is -2.44. The van der Waals surface area contributed by atoms with E-state index in [4.69, 9.17) is 22.4 Å². The molecular weight excluding hydrogens is 802 g/mol. The Morgan fingerprint density at radius 3 is 2.34 bits per heavy atom. The summed E-state index contributed by atoms with van der Waals surface area (Å²) in [4.78, 5) is 53.5. The molecule has 1 aliphatic carbocycles. The Morgan fingerprint density at radius 1 is 0.903 bits per heavy atom. The zero-order valence-corrected chi connectivity index (χ0v) is 37.1. The summed E-state index contributed by atoms with van der Waals surface area (Å²) in [7, 11) is 4.01. The molecule has 0 bridgehead atoms. The maximum atomic E-state index is 12.6. The molecule has 62 heavy (non-hydrogen) atoms. The summed E-state index contributed by atoms with van der Waals surface area (Å²) < 4.78 is 1.55. The Kier molecular flexibility index (Phi) is 12.6. The summed E-state index contributed by atoms with van der Waals surface area (Å²) >= 11 is 6.57. The number of nitrogens with two attached hydrogens (primary N) is 1. The number of rotatable bonds is 10. The van der Waals surface area contributed by atoms with Gasteiger partial charge in [-0.2, -0.15) is 0 Å². The highest BCUT2D eigenvalue weighted by Crippen LogP contribution is 2.41. The number of hydrogen-bond donors (Lipinski definition) is 3. The summed E-state index contributed by atoms with van der Waals surface area (Å²) in [6, 6.07) is 15.7. The molecule has 4 saturated heterocycles. The van der Waals surface area contributed by atoms with E-state index < -0.39 is 5.91 Å². The van der Waals surface area contributed by atoms with Gasteiger partial charge in [0.05, 0.1) is 17.8 Å². The molecule has 1 saturated carbocycles. The normalized spacial score (nSPS) is 21.7. The number of piperidine rings is 4. The molecule has 3 amide bonds. The van der Waals surface area contributed by atoms with Crippen molar-refractivity contribution in [1.82, 2.24) is 29.7 Å². The van der Waals surface area contributed by atoms with Crippen molar-refractivity contribution >= 4 is 63.5 Å². The predicted octanol–water partition coefficient (Wildman–Crippen LogP) is 6.19. The summed E-state index contributed by atoms with van der Waals surface area (Å²) in [6.45, 7) is 8.71. The minimum Gasteiger partial charge on any atom is -0.385 e. The molecule has 2 aromatic heterocycles. The van der Waals surface area contributed by atoms with Crippen molar-refractivity contribution in [2.45, 2.75) is 95.1 Å². The minimum atomic E-state index is -0.556. The molecule has 15 heteroatoms. The first-order valence-electron chi connectivity index (χ1n) is 23.0. The first-order chi connectivity index (χ1) is 30.1. The standard InChI is InChI=1S/C44H56ClN11O3.C3H6/c1-47-36-25-40(50-56-39(42(46)58)26-48-43(36)56)55-23-16-33-37(4-3-5-38(33)55)54-19-10-28(11-20-54)27-52-17-12-30(13-18-52)53-21-14-29(15-22-53)51(2)31-6-8-35(45)34(24-31)32-7-9-41(57)49-44(32)59;1-2-3-1/h3-6,8,24-26,28-30,32,47H,7,9-23,27H2,1-2H3,(H2,46,58)(H,49,57,59);1-3H2. The molecule has 2 aromatic carbocycles. The van der Waals surface area contributed by atoms with Crippen LogP contribution in [0.4, 0.5) is 28.6 Å². The number of likely N-dealkylation sites (tertiary alicyclic amines) is 2. The minimum absolute atomic E-state index is 0.209. The number of hydrogen-bond acceptors (Lipinski definition) is 11. The first kappa shape index (κ1) is 42.4. The topological polar surface area (TPSA) is 148 Å². The number of primary amides is 1. The molecule has 6 aliphatic rings. The second kappa shape index (κ2) is 18.4. The van der Waals surface area contributed by atoms with Crippen molar-refractivity contribution in [3.63, 3.8) is 0 Å². The highest BCUT2D eigenvalue weighted by molar-refractivity contribution is 6.31. The Labute approximate surface area is 370 Å². The summed E-state index contributed by atoms with van der Waals surface area (Å²) in [5, 5.41) is 11.1. The van der Waals surface area contributed by atoms with E-state index in [-0.39, 0.29) is 23.4 Å². The van der Waals surface area contributed by atoms with Gasteiger partial charge >= 0.3 is 0 Å². The molecule has 5 fully saturated rings. The van der Waals surface area contributed by atoms with E-state index in [1.54, 1.807) is 4.52 Å². The number of aromatic nitrogens is 3. The van der Waals surface area contributed by atoms with Crippen LogP contribution in [-0.4, -0.2) is 121 Å². The van der Waals surface area contributed by atoms with Gasteiger partial charge in [0.15, 0.2) is 11.5 Å². The molecule has 0 radical (unpaired) electrons. The van der Waals surface area contributed by atoms with Crippen LogP contribution >= 0.6 is 11.6 Å². The fourth-order valence-corrected chi connectivity index (χ4v) is 10.7. The highest BCUT2D eigenvalue weighted by atomic mass is 35.5. The van der Waals surface area contributed by atoms with Gasteiger partial charge < -0.3 is 35.6 Å². The fourth-order valence-electron chi connectivity index (χ4n) is 10.4. The number of nitrogens with one attached hydrogen (secondary N) is 2. The second-order valence-electron chi connectivity index (χ2n) is 18.2. The van der Waals surface area contributed by atoms with Crippen molar-refractivity contribution in [2.24, 2.45) is 11.7 Å². The molecule has 14 nitrogen and oxygen atoms in total. The molecule has 7 heterocycles. The van der Waals surface area contributed by atoms with Crippen LogP contribution in [0, 0.1) is 5.92 Å². The number of imide groups is 1. The van der Waals surface area contributed by atoms with E-state index in [0.29, 0.717) is 35.6 Å². The van der Waals surface area contributed by atoms with Crippen LogP contribution < -0.4 is 31.1 Å². The summed E-state index contributed by atoms with van der Waals surface area (Å²) in [5.41, 5.74) is 13.0. The van der Waals surface area contributed by atoms with E-state index >= 15 is 0 Å². The quantitative estimate of drug-likeness (QED) is 0.157. The van der Waals surface area contributed by atoms with Gasteiger partial charge in [-0.3, -0.25) is 19.7 Å². The van der Waals surface area contributed by atoms with Crippen LogP contribution in [-0.2, 0) is 16.0 Å². The third-order valence-corrected chi connectivity index (χ3v) is 14.5. The van der Waals surface area contributed by atoms with Gasteiger partial charge in [-0.15, -0.1) is 5.10 Å². The van der Waals surface area contributed by atoms with Crippen molar-refractivity contribution in [1.29, 1.82) is 0 Å². The van der Waals surface area contributed by atoms with E-state index in [0.717, 1.165) is 80.7 Å². The van der Waals surface area contributed by atoms with Crippen molar-refractivity contribution in [3.8, 4) is 0 Å². The van der Waals surface area contributed by atoms with Crippen LogP contribution in [0.1, 0.15) is 98.2 Å². The molecule has 10 rings (SSSR count). The molecule has 1 unspecified atom stereocenters. The number of imidazole rings is 1. The zero-order chi connectivity index (χ0) is 42.9. The molecule has 0 spiro atoms. The molecule has 1 atom stereocenters. The fraction of sp³-hybridized carbons (Fsp3) is 0.553. The molecule has 330 valence electrons. The van der Waals surface area contributed by atoms with Gasteiger partial charge in [0.2, 0.25) is 11.8 Å². The van der Waals surface area contributed by atoms with Gasteiger partial charge in [-0.1, -0.05) is 36.9 Å². The van der Waals surface area contributed by atoms with Gasteiger partial charge in [-0.25, -0.2) is 9.50 Å². The zero-order valence-electron chi connectivity index (χ0n) is 36.3. The summed E-state index contributed by atoms with van der Waals surface area (Å²) in [5.74, 6) is 0.0762. The van der Waals surface area contributed by atoms with Gasteiger partial charge in [0.1, 0.15) is 5.69 Å². The maximum Gasteiger partial charge on any atom is 0.269 e. The number of nitrogens with zero attached hydrogens (tertiary/aromatic N) is 8. The maximum absolute atomic E-state index is 12.6. The highest BCUT2D eigenvalue weighted by Gasteiger charge is 2.34. The lowest BCUT2D eigenvalue weighted by atomic mass is 9.90. The lowest BCUT2D eigenvalue weighted by molar-refractivity contribution is -0.134. The molecule has 5 aliphatic heterocycles. The lowest BCUT2D eigenvalue weighted by Crippen LogP contribution is -2.51. The van der Waals surface area contributed by atoms with Gasteiger partial charge in [0, 0.05) is 106 Å². The number of carbonyl (C=O) groups is 3. The van der Waals surface area contributed by atoms with Crippen LogP contribution in [0.5, 0.6) is 0 Å². The van der Waals surface area contributed by atoms with E-state index in [9.17, 15) is 14.4 Å². The Hall–Kier alpha value is -4.92. The molecule has 4 N–H and O–H groups in total. The van der Waals surface area contributed by atoms with E-state index in [1.807, 2.05) is 19.2 Å². The van der Waals surface area contributed by atoms with Crippen LogP contribution in [0.25, 0.3) is 5.65 Å². The van der Waals surface area contributed by atoms with Crippen LogP contribution in [0.2, 0.25) is 5.02 Å². The smallest absolute Gasteiger partial charge is 0.269 e. The van der Waals surface area contributed by atoms with Crippen molar-refractivity contribution in [3.05, 3.63) is 70.5 Å². The summed E-state index contributed by atoms with van der Waals surface area (Å²) in [6.07, 6.45) is 14.9. The predicted molar refractivity (Wildman–Crippen MR) is 246 cm³/mol. The van der Waals surface area contributed by atoms with Crippen molar-refractivity contribution in [2.75, 3.05) is 86.5 Å². The van der Waals surface area contributed by atoms with Gasteiger partial charge in [0.25, 0.3) is 5.91 Å². The van der Waals surface area contributed by atoms with E-state index in [1.165, 1.54) is 87.7 Å². The Balaban J connectivity index is 0.00000157. The molecular formula is C47H62ClN11O3. The number of benzene rings is 2. The number of anilines is 5. The average Bonchev–Trinajstić information content (AvgIpc) is 4.01. The first-order valence-corrected chi connectivity index (χ1v) is 23.4. The number of amides is 3. The Bertz CT molecular complexity index is 2270. The largest absolute Gasteiger partial charge is 0.385 e. The third kappa shape index (κ3) is 8.96. The number of carbonyl (C=O) groups excluding carboxylic acids is 3. The van der Waals surface area contributed by atoms with Crippen molar-refractivity contribution < 1.29 is 14.4 Å². The van der Waals surface area contributed by atoms with Crippen LogP contribution in [0.15, 0.2) is 48.7 Å². The van der Waals surface area contributed by atoms with Gasteiger partial charge in [-0.05, 0) is 106 Å². The average molecular weight is 865 g/mol. The number of fused-ring (bicyclic) bond motifs is 2. The second-order valence-corrected chi connectivity index (χ2v) is 18.6. The third-order valence-electron chi connectivity index (χ3n) is 14.2. The monoisotopic (exact) mass is 863 g/mol. The number of halogens is 1. The van der Waals surface area contributed by atoms with E-state index in [2.05, 4.69) is 77.5 Å². The Morgan fingerprint density at radius 2 is 1.65 bits per heavy atom. The molecule has 4 aromatic rings. The van der Waals surface area contributed by atoms with Crippen LogP contribution in [0.3, 0.4) is 0 Å².